The molecule has 19 heavy (non-hydrogen) atoms. The zero-order valence-electron chi connectivity index (χ0n) is 10.2. The monoisotopic (exact) mass is 245 g/mol. The van der Waals surface area contributed by atoms with Crippen molar-refractivity contribution in [1.82, 2.24) is 15.4 Å². The Hall–Kier alpha value is -2.55. The largest absolute Gasteiger partial charge is 0.139 e. The molecule has 1 aliphatic rings. The predicted octanol–water partition coefficient (Wildman–Crippen LogP) is 3.11. The summed E-state index contributed by atoms with van der Waals surface area (Å²) in [6, 6.07) is 16.9. The van der Waals surface area contributed by atoms with Gasteiger partial charge in [0.05, 0.1) is 11.9 Å². The Labute approximate surface area is 111 Å². The molecule has 1 aliphatic carbocycles. The van der Waals surface area contributed by atoms with E-state index in [1.807, 2.05) is 6.07 Å². The smallest absolute Gasteiger partial charge is 0.0963 e. The molecule has 0 radical (unpaired) electrons. The second-order valence-electron chi connectivity index (χ2n) is 4.71. The van der Waals surface area contributed by atoms with Gasteiger partial charge in [0.2, 0.25) is 0 Å². The minimum atomic E-state index is 0.863. The molecule has 0 amide bonds. The van der Waals surface area contributed by atoms with Crippen LogP contribution in [0.4, 0.5) is 0 Å². The van der Waals surface area contributed by atoms with Crippen LogP contribution in [0, 0.1) is 0 Å². The fourth-order valence-corrected chi connectivity index (χ4v) is 2.68. The molecule has 2 aromatic carbocycles. The Morgan fingerprint density at radius 3 is 2.63 bits per heavy atom. The van der Waals surface area contributed by atoms with E-state index >= 15 is 0 Å². The van der Waals surface area contributed by atoms with Gasteiger partial charge in [0.1, 0.15) is 0 Å². The van der Waals surface area contributed by atoms with E-state index in [-0.39, 0.29) is 0 Å². The molecule has 1 aromatic heterocycles. The lowest BCUT2D eigenvalue weighted by Crippen LogP contribution is -1.90. The molecule has 1 heterocycles. The Balaban J connectivity index is 1.89. The highest BCUT2D eigenvalue weighted by Crippen LogP contribution is 2.38. The molecule has 0 bridgehead atoms. The Morgan fingerprint density at radius 2 is 1.74 bits per heavy atom. The van der Waals surface area contributed by atoms with Crippen LogP contribution in [-0.4, -0.2) is 15.4 Å². The van der Waals surface area contributed by atoms with Gasteiger partial charge in [-0.15, -0.1) is 10.2 Å². The summed E-state index contributed by atoms with van der Waals surface area (Å²) in [6.45, 7) is 0. The van der Waals surface area contributed by atoms with Crippen molar-refractivity contribution in [2.45, 2.75) is 6.42 Å². The molecule has 3 nitrogen and oxygen atoms in total. The molecule has 0 atom stereocenters. The van der Waals surface area contributed by atoms with Gasteiger partial charge in [0.25, 0.3) is 0 Å². The van der Waals surface area contributed by atoms with Crippen LogP contribution in [0.1, 0.15) is 11.1 Å². The maximum atomic E-state index is 4.07. The summed E-state index contributed by atoms with van der Waals surface area (Å²) >= 11 is 0. The molecular weight excluding hydrogens is 234 g/mol. The first-order valence-electron chi connectivity index (χ1n) is 6.28. The second-order valence-corrected chi connectivity index (χ2v) is 4.71. The molecule has 90 valence electrons. The minimum Gasteiger partial charge on any atom is -0.139 e. The molecule has 3 heteroatoms. The molecule has 0 unspecified atom stereocenters. The molecule has 4 rings (SSSR count). The number of hydrogen-bond donors (Lipinski definition) is 0. The van der Waals surface area contributed by atoms with E-state index in [0.717, 1.165) is 17.7 Å². The SMILES string of the molecule is c1ccc2c(c1)Cc1ccc(-c3ccnnn3)cc1-2. The third kappa shape index (κ3) is 1.63. The lowest BCUT2D eigenvalue weighted by atomic mass is 10.0. The average molecular weight is 245 g/mol. The summed E-state index contributed by atoms with van der Waals surface area (Å²) in [5.41, 5.74) is 7.38. The van der Waals surface area contributed by atoms with Crippen LogP contribution in [0.25, 0.3) is 22.4 Å². The molecule has 0 saturated heterocycles. The number of rotatable bonds is 1. The zero-order chi connectivity index (χ0) is 12.7. The van der Waals surface area contributed by atoms with Gasteiger partial charge in [-0.05, 0) is 46.0 Å². The van der Waals surface area contributed by atoms with Crippen molar-refractivity contribution in [2.24, 2.45) is 0 Å². The minimum absolute atomic E-state index is 0.863. The lowest BCUT2D eigenvalue weighted by molar-refractivity contribution is 0.870. The van der Waals surface area contributed by atoms with E-state index in [4.69, 9.17) is 0 Å². The first kappa shape index (κ1) is 10.4. The number of benzene rings is 2. The quantitative estimate of drug-likeness (QED) is 0.517. The van der Waals surface area contributed by atoms with Crippen LogP contribution >= 0.6 is 0 Å². The van der Waals surface area contributed by atoms with Crippen LogP contribution in [0.2, 0.25) is 0 Å². The number of fused-ring (bicyclic) bond motifs is 3. The summed E-state index contributed by atoms with van der Waals surface area (Å²) < 4.78 is 0. The lowest BCUT2D eigenvalue weighted by Gasteiger charge is -2.04. The molecule has 0 spiro atoms. The van der Waals surface area contributed by atoms with Crippen LogP contribution < -0.4 is 0 Å². The molecule has 0 fully saturated rings. The second kappa shape index (κ2) is 3.99. The molecule has 0 N–H and O–H groups in total. The average Bonchev–Trinajstić information content (AvgIpc) is 2.86. The van der Waals surface area contributed by atoms with Gasteiger partial charge in [-0.3, -0.25) is 0 Å². The van der Waals surface area contributed by atoms with Gasteiger partial charge in [0.15, 0.2) is 0 Å². The molecule has 3 aromatic rings. The number of aromatic nitrogens is 3. The van der Waals surface area contributed by atoms with Gasteiger partial charge in [0, 0.05) is 5.56 Å². The van der Waals surface area contributed by atoms with Gasteiger partial charge in [-0.25, -0.2) is 0 Å². The molecular formula is C16H11N3. The Kier molecular flexibility index (Phi) is 2.18. The van der Waals surface area contributed by atoms with Gasteiger partial charge in [-0.1, -0.05) is 36.4 Å². The summed E-state index contributed by atoms with van der Waals surface area (Å²) in [5, 5.41) is 11.5. The third-order valence-corrected chi connectivity index (χ3v) is 3.60. The summed E-state index contributed by atoms with van der Waals surface area (Å²) in [4.78, 5) is 0. The predicted molar refractivity (Wildman–Crippen MR) is 73.5 cm³/mol. The first-order valence-corrected chi connectivity index (χ1v) is 6.28. The number of hydrogen-bond acceptors (Lipinski definition) is 3. The Bertz CT molecular complexity index is 751. The normalized spacial score (nSPS) is 12.0. The van der Waals surface area contributed by atoms with E-state index in [0.29, 0.717) is 0 Å². The number of nitrogens with zero attached hydrogens (tertiary/aromatic N) is 3. The highest BCUT2D eigenvalue weighted by molar-refractivity contribution is 5.80. The van der Waals surface area contributed by atoms with E-state index < -0.39 is 0 Å². The Morgan fingerprint density at radius 1 is 0.842 bits per heavy atom. The fourth-order valence-electron chi connectivity index (χ4n) is 2.68. The van der Waals surface area contributed by atoms with Crippen molar-refractivity contribution in [3.8, 4) is 22.4 Å². The van der Waals surface area contributed by atoms with Crippen molar-refractivity contribution in [1.29, 1.82) is 0 Å². The maximum Gasteiger partial charge on any atom is 0.0963 e. The highest BCUT2D eigenvalue weighted by Gasteiger charge is 2.18. The van der Waals surface area contributed by atoms with E-state index in [9.17, 15) is 0 Å². The zero-order valence-corrected chi connectivity index (χ0v) is 10.2. The highest BCUT2D eigenvalue weighted by atomic mass is 15.3. The van der Waals surface area contributed by atoms with Crippen molar-refractivity contribution in [2.75, 3.05) is 0 Å². The van der Waals surface area contributed by atoms with Crippen LogP contribution in [-0.2, 0) is 6.42 Å². The first-order chi connectivity index (χ1) is 9.42. The van der Waals surface area contributed by atoms with Gasteiger partial charge >= 0.3 is 0 Å². The van der Waals surface area contributed by atoms with Gasteiger partial charge < -0.3 is 0 Å². The van der Waals surface area contributed by atoms with Crippen molar-refractivity contribution >= 4 is 0 Å². The summed E-state index contributed by atoms with van der Waals surface area (Å²) in [7, 11) is 0. The van der Waals surface area contributed by atoms with Crippen molar-refractivity contribution < 1.29 is 0 Å². The van der Waals surface area contributed by atoms with Gasteiger partial charge in [-0.2, -0.15) is 0 Å². The van der Waals surface area contributed by atoms with E-state index in [1.54, 1.807) is 6.20 Å². The fraction of sp³-hybridized carbons (Fsp3) is 0.0625. The van der Waals surface area contributed by atoms with Crippen LogP contribution in [0.3, 0.4) is 0 Å². The third-order valence-electron chi connectivity index (χ3n) is 3.60. The van der Waals surface area contributed by atoms with Crippen molar-refractivity contribution in [3.63, 3.8) is 0 Å². The van der Waals surface area contributed by atoms with E-state index in [2.05, 4.69) is 57.9 Å². The van der Waals surface area contributed by atoms with Crippen LogP contribution in [0.15, 0.2) is 54.7 Å². The maximum absolute atomic E-state index is 4.07. The standard InChI is InChI=1S/C16H11N3/c1-2-4-14-11(3-1)9-12-5-6-13(10-15(12)14)16-7-8-17-19-18-16/h1-8,10H,9H2. The topological polar surface area (TPSA) is 38.7 Å². The summed E-state index contributed by atoms with van der Waals surface area (Å²) in [5.74, 6) is 0. The molecule has 0 aliphatic heterocycles. The van der Waals surface area contributed by atoms with E-state index in [1.165, 1.54) is 22.3 Å². The molecule has 0 saturated carbocycles. The van der Waals surface area contributed by atoms with Crippen LogP contribution in [0.5, 0.6) is 0 Å². The van der Waals surface area contributed by atoms with Crippen molar-refractivity contribution in [3.05, 3.63) is 65.9 Å². The summed E-state index contributed by atoms with van der Waals surface area (Å²) in [6.07, 6.45) is 2.69.